The Kier molecular flexibility index (Phi) is 9.73. The lowest BCUT2D eigenvalue weighted by Gasteiger charge is -2.24. The fraction of sp³-hybridized carbons (Fsp3) is 0.303. The lowest BCUT2D eigenvalue weighted by atomic mass is 10.0. The van der Waals surface area contributed by atoms with E-state index in [-0.39, 0.29) is 31.3 Å². The Morgan fingerprint density at radius 1 is 0.800 bits per heavy atom. The molecular weight excluding hydrogens is 502 g/mol. The van der Waals surface area contributed by atoms with Crippen LogP contribution in [0, 0.1) is 5.92 Å². The molecule has 0 aliphatic heterocycles. The zero-order valence-corrected chi connectivity index (χ0v) is 23.3. The zero-order chi connectivity index (χ0) is 28.5. The van der Waals surface area contributed by atoms with Gasteiger partial charge in [-0.3, -0.25) is 9.59 Å². The maximum absolute atomic E-state index is 13.6. The molecule has 0 spiro atoms. The Hall–Kier alpha value is -4.39. The smallest absolute Gasteiger partial charge is 0.329 e. The monoisotopic (exact) mass is 539 g/mol. The van der Waals surface area contributed by atoms with E-state index >= 15 is 0 Å². The van der Waals surface area contributed by atoms with Gasteiger partial charge >= 0.3 is 5.97 Å². The van der Waals surface area contributed by atoms with Gasteiger partial charge in [-0.2, -0.15) is 0 Å². The summed E-state index contributed by atoms with van der Waals surface area (Å²) in [5, 5.41) is 6.81. The molecule has 7 nitrogen and oxygen atoms in total. The van der Waals surface area contributed by atoms with Crippen LogP contribution in [0.4, 0.5) is 0 Å². The number of ether oxygens (including phenoxy) is 1. The maximum atomic E-state index is 13.6. The van der Waals surface area contributed by atoms with E-state index < -0.39 is 24.0 Å². The van der Waals surface area contributed by atoms with Crippen molar-refractivity contribution >= 4 is 28.7 Å². The summed E-state index contributed by atoms with van der Waals surface area (Å²) >= 11 is 0. The molecule has 0 unspecified atom stereocenters. The minimum absolute atomic E-state index is 0.102. The number of carbonyl (C=O) groups is 3. The number of rotatable bonds is 12. The van der Waals surface area contributed by atoms with Gasteiger partial charge in [-0.25, -0.2) is 4.79 Å². The summed E-state index contributed by atoms with van der Waals surface area (Å²) in [5.41, 5.74) is 3.68. The van der Waals surface area contributed by atoms with Crippen LogP contribution in [-0.2, 0) is 45.6 Å². The van der Waals surface area contributed by atoms with E-state index in [1.807, 2.05) is 117 Å². The second kappa shape index (κ2) is 13.6. The van der Waals surface area contributed by atoms with Crippen LogP contribution in [-0.4, -0.2) is 34.4 Å². The Morgan fingerprint density at radius 2 is 1.43 bits per heavy atom. The number of carbonyl (C=O) groups excluding carboxylic acids is 3. The Balaban J connectivity index is 1.53. The van der Waals surface area contributed by atoms with Crippen molar-refractivity contribution in [1.29, 1.82) is 0 Å². The zero-order valence-electron chi connectivity index (χ0n) is 23.3. The molecule has 0 saturated carbocycles. The summed E-state index contributed by atoms with van der Waals surface area (Å²) in [6, 6.07) is 25.0. The van der Waals surface area contributed by atoms with Crippen molar-refractivity contribution in [2.75, 3.05) is 0 Å². The normalized spacial score (nSPS) is 12.6. The maximum Gasteiger partial charge on any atom is 0.329 e. The van der Waals surface area contributed by atoms with Crippen LogP contribution in [0.2, 0.25) is 0 Å². The number of hydrogen-bond acceptors (Lipinski definition) is 4. The van der Waals surface area contributed by atoms with Gasteiger partial charge in [-0.1, -0.05) is 92.7 Å². The molecule has 4 rings (SSSR count). The molecular formula is C33H37N3O4. The molecule has 3 aromatic carbocycles. The van der Waals surface area contributed by atoms with Crippen molar-refractivity contribution < 1.29 is 19.1 Å². The number of nitrogens with zero attached hydrogens (tertiary/aromatic N) is 1. The number of hydrogen-bond donors (Lipinski definition) is 2. The van der Waals surface area contributed by atoms with Crippen LogP contribution in [0.1, 0.15) is 37.0 Å². The largest absolute Gasteiger partial charge is 0.459 e. The molecule has 0 aliphatic rings. The highest BCUT2D eigenvalue weighted by Crippen LogP contribution is 2.22. The van der Waals surface area contributed by atoms with E-state index in [0.717, 1.165) is 27.6 Å². The molecule has 2 amide bonds. The first kappa shape index (κ1) is 28.6. The molecule has 2 atom stereocenters. The number of para-hydroxylation sites is 1. The third-order valence-electron chi connectivity index (χ3n) is 6.79. The number of aryl methyl sites for hydroxylation is 1. The van der Waals surface area contributed by atoms with E-state index in [1.165, 1.54) is 0 Å². The van der Waals surface area contributed by atoms with Crippen molar-refractivity contribution in [2.24, 2.45) is 13.0 Å². The first-order valence-corrected chi connectivity index (χ1v) is 13.7. The van der Waals surface area contributed by atoms with Gasteiger partial charge < -0.3 is 19.9 Å². The van der Waals surface area contributed by atoms with Gasteiger partial charge in [0, 0.05) is 30.6 Å². The van der Waals surface area contributed by atoms with E-state index in [2.05, 4.69) is 10.6 Å². The van der Waals surface area contributed by atoms with Gasteiger partial charge in [0.1, 0.15) is 18.7 Å². The van der Waals surface area contributed by atoms with E-state index in [0.29, 0.717) is 6.42 Å². The van der Waals surface area contributed by atoms with E-state index in [4.69, 9.17) is 4.74 Å². The lowest BCUT2D eigenvalue weighted by molar-refractivity contribution is -0.149. The van der Waals surface area contributed by atoms with Crippen molar-refractivity contribution in [3.05, 3.63) is 108 Å². The number of nitrogens with one attached hydrogen (secondary N) is 2. The Labute approximate surface area is 235 Å². The van der Waals surface area contributed by atoms with Crippen LogP contribution in [0.3, 0.4) is 0 Å². The van der Waals surface area contributed by atoms with Crippen molar-refractivity contribution in [1.82, 2.24) is 15.2 Å². The fourth-order valence-electron chi connectivity index (χ4n) is 4.83. The highest BCUT2D eigenvalue weighted by Gasteiger charge is 2.29. The molecule has 0 radical (unpaired) electrons. The predicted octanol–water partition coefficient (Wildman–Crippen LogP) is 4.72. The molecule has 7 heteroatoms. The Bertz CT molecular complexity index is 1430. The van der Waals surface area contributed by atoms with Gasteiger partial charge in [-0.15, -0.1) is 0 Å². The van der Waals surface area contributed by atoms with Gasteiger partial charge in [0.05, 0.1) is 6.42 Å². The minimum Gasteiger partial charge on any atom is -0.459 e. The van der Waals surface area contributed by atoms with E-state index in [9.17, 15) is 14.4 Å². The number of amides is 2. The molecule has 0 aliphatic carbocycles. The predicted molar refractivity (Wildman–Crippen MR) is 156 cm³/mol. The molecule has 208 valence electrons. The van der Waals surface area contributed by atoms with Crippen LogP contribution in [0.25, 0.3) is 10.9 Å². The molecule has 2 N–H and O–H groups in total. The first-order chi connectivity index (χ1) is 19.3. The van der Waals surface area contributed by atoms with Crippen LogP contribution < -0.4 is 10.6 Å². The second-order valence-electron chi connectivity index (χ2n) is 10.6. The lowest BCUT2D eigenvalue weighted by Crippen LogP contribution is -2.53. The van der Waals surface area contributed by atoms with Crippen LogP contribution in [0.5, 0.6) is 0 Å². The molecule has 0 bridgehead atoms. The van der Waals surface area contributed by atoms with Crippen LogP contribution in [0.15, 0.2) is 91.1 Å². The summed E-state index contributed by atoms with van der Waals surface area (Å²) in [7, 11) is 1.95. The third kappa shape index (κ3) is 7.82. The highest BCUT2D eigenvalue weighted by atomic mass is 16.5. The number of aromatic nitrogens is 1. The van der Waals surface area contributed by atoms with Crippen molar-refractivity contribution in [3.8, 4) is 0 Å². The summed E-state index contributed by atoms with van der Waals surface area (Å²) in [5.74, 6) is -1.03. The summed E-state index contributed by atoms with van der Waals surface area (Å²) in [4.78, 5) is 39.8. The minimum atomic E-state index is -0.928. The molecule has 1 heterocycles. The van der Waals surface area contributed by atoms with Gasteiger partial charge in [-0.05, 0) is 35.1 Å². The van der Waals surface area contributed by atoms with Gasteiger partial charge in [0.15, 0.2) is 0 Å². The molecule has 4 aromatic rings. The molecule has 40 heavy (non-hydrogen) atoms. The number of benzene rings is 3. The molecule has 0 fully saturated rings. The fourth-order valence-corrected chi connectivity index (χ4v) is 4.83. The molecule has 0 saturated heterocycles. The summed E-state index contributed by atoms with van der Waals surface area (Å²) in [6.45, 7) is 4.08. The topological polar surface area (TPSA) is 89.4 Å². The van der Waals surface area contributed by atoms with Gasteiger partial charge in [0.25, 0.3) is 0 Å². The average molecular weight is 540 g/mol. The van der Waals surface area contributed by atoms with Crippen molar-refractivity contribution in [2.45, 2.75) is 51.8 Å². The number of esters is 1. The second-order valence-corrected chi connectivity index (χ2v) is 10.6. The van der Waals surface area contributed by atoms with E-state index in [1.54, 1.807) is 0 Å². The standard InChI is InChI=1S/C33H37N3O4/c1-23(2)18-28(34-31(37)19-24-12-6-4-7-13-24)32(38)35-29(33(39)40-22-25-14-8-5-9-15-25)20-26-21-36(3)30-17-11-10-16-27(26)30/h4-17,21,23,28-29H,18-20,22H2,1-3H3,(H,34,37)(H,35,38)/t28-,29+/m0/s1. The Morgan fingerprint density at radius 3 is 2.10 bits per heavy atom. The van der Waals surface area contributed by atoms with Crippen LogP contribution >= 0.6 is 0 Å². The number of fused-ring (bicyclic) bond motifs is 1. The third-order valence-corrected chi connectivity index (χ3v) is 6.79. The SMILES string of the molecule is CC(C)C[C@H](NC(=O)Cc1ccccc1)C(=O)N[C@H](Cc1cn(C)c2ccccc12)C(=O)OCc1ccccc1. The van der Waals surface area contributed by atoms with Gasteiger partial charge in [0.2, 0.25) is 11.8 Å². The molecule has 1 aromatic heterocycles. The van der Waals surface area contributed by atoms with Crippen molar-refractivity contribution in [3.63, 3.8) is 0 Å². The first-order valence-electron chi connectivity index (χ1n) is 13.7. The quantitative estimate of drug-likeness (QED) is 0.255. The average Bonchev–Trinajstić information content (AvgIpc) is 3.26. The summed E-state index contributed by atoms with van der Waals surface area (Å²) < 4.78 is 7.66. The summed E-state index contributed by atoms with van der Waals surface area (Å²) in [6.07, 6.45) is 2.84. The highest BCUT2D eigenvalue weighted by molar-refractivity contribution is 5.92.